The van der Waals surface area contributed by atoms with Gasteiger partial charge in [-0.05, 0) is 77.9 Å². The highest BCUT2D eigenvalue weighted by molar-refractivity contribution is 6.29. The molecule has 16 heteroatoms. The van der Waals surface area contributed by atoms with Crippen LogP contribution in [0.3, 0.4) is 0 Å². The molecule has 12 nitrogen and oxygen atoms in total. The summed E-state index contributed by atoms with van der Waals surface area (Å²) in [5.41, 5.74) is 4.90. The summed E-state index contributed by atoms with van der Waals surface area (Å²) in [4.78, 5) is 55.1. The predicted octanol–water partition coefficient (Wildman–Crippen LogP) is 9.94. The first-order chi connectivity index (χ1) is 26.3. The Morgan fingerprint density at radius 2 is 1.09 bits per heavy atom. The van der Waals surface area contributed by atoms with Crippen LogP contribution >= 0.6 is 23.2 Å². The molecule has 304 valence electrons. The maximum absolute atomic E-state index is 14.5. The lowest BCUT2D eigenvalue weighted by atomic mass is 9.69. The van der Waals surface area contributed by atoms with E-state index in [0.29, 0.717) is 22.3 Å². The number of nitrogens with one attached hydrogen (secondary N) is 2. The number of carbonyl (C=O) groups excluding carboxylic acids is 3. The van der Waals surface area contributed by atoms with Crippen molar-refractivity contribution in [1.29, 1.82) is 0 Å². The van der Waals surface area contributed by atoms with E-state index >= 15 is 0 Å². The molecule has 4 aromatic rings. The van der Waals surface area contributed by atoms with E-state index in [9.17, 15) is 28.1 Å². The first-order valence-electron chi connectivity index (χ1n) is 17.8. The van der Waals surface area contributed by atoms with Gasteiger partial charge in [-0.3, -0.25) is 14.9 Å². The zero-order valence-electron chi connectivity index (χ0n) is 33.3. The molecule has 4 heterocycles. The van der Waals surface area contributed by atoms with Gasteiger partial charge in [0.1, 0.15) is 10.3 Å². The Morgan fingerprint density at radius 1 is 0.684 bits per heavy atom. The number of hydrogen-bond acceptors (Lipinski definition) is 9. The van der Waals surface area contributed by atoms with Crippen LogP contribution < -0.4 is 25.8 Å². The fourth-order valence-corrected chi connectivity index (χ4v) is 6.45. The monoisotopic (exact) mass is 826 g/mol. The van der Waals surface area contributed by atoms with E-state index in [1.807, 2.05) is 20.8 Å². The van der Waals surface area contributed by atoms with Crippen molar-refractivity contribution in [2.45, 2.75) is 92.2 Å². The lowest BCUT2D eigenvalue weighted by Crippen LogP contribution is -2.52. The van der Waals surface area contributed by atoms with Crippen LogP contribution in [0, 0.1) is 27.4 Å². The van der Waals surface area contributed by atoms with Crippen LogP contribution in [0.15, 0.2) is 65.8 Å². The fraction of sp³-hybridized carbons (Fsp3) is 0.390. The van der Waals surface area contributed by atoms with Crippen LogP contribution in [0.5, 0.6) is 23.3 Å². The van der Waals surface area contributed by atoms with Crippen molar-refractivity contribution in [3.63, 3.8) is 0 Å². The second-order valence-corrected chi connectivity index (χ2v) is 17.4. The van der Waals surface area contributed by atoms with E-state index in [1.54, 1.807) is 97.0 Å². The lowest BCUT2D eigenvalue weighted by Gasteiger charge is -2.37. The van der Waals surface area contributed by atoms with Crippen LogP contribution in [0.2, 0.25) is 10.3 Å². The third-order valence-corrected chi connectivity index (χ3v) is 9.42. The van der Waals surface area contributed by atoms with Gasteiger partial charge in [0.2, 0.25) is 23.6 Å². The van der Waals surface area contributed by atoms with Crippen LogP contribution in [0.1, 0.15) is 103 Å². The number of nitroso groups, excluding NO2 is 1. The van der Waals surface area contributed by atoms with E-state index in [1.165, 1.54) is 12.1 Å². The Labute approximate surface area is 340 Å². The Bertz CT molecular complexity index is 2200. The summed E-state index contributed by atoms with van der Waals surface area (Å²) in [5.74, 6) is -2.77. The highest BCUT2D eigenvalue weighted by Gasteiger charge is 2.46. The van der Waals surface area contributed by atoms with Gasteiger partial charge in [0.05, 0.1) is 16.4 Å². The van der Waals surface area contributed by atoms with Crippen LogP contribution in [-0.2, 0) is 9.59 Å². The molecule has 6 rings (SSSR count). The number of nitrogens with zero attached hydrogens (tertiary/aromatic N) is 3. The maximum atomic E-state index is 14.5. The Hall–Kier alpha value is -5.21. The van der Waals surface area contributed by atoms with Gasteiger partial charge < -0.3 is 20.5 Å². The molecule has 2 aliphatic rings. The molecule has 4 N–H and O–H groups in total. The standard InChI is InChI=1S/C21H23ClFN3O3.C16H14ClFN2O2.C4H9NO/c1-20(2,3)26-19(28)25-18(27)21(4,5)15-11-7-6-8-13(23)16(11)29-17-12(15)9-10-14(22)24-17;1-16(2,15(19)21)12-8-4-3-5-10(18)13(8)22-14-9(12)6-7-11(17)20-14;1-4(2,3)5-6/h6-10,15H,1-5H3,(H2,25,26,27,28);3-7,12H,1-2H3,(H2,19,21);1-3H3/t15-;12-;/m00./s1. The molecule has 2 aromatic heterocycles. The minimum Gasteiger partial charge on any atom is -0.435 e. The van der Waals surface area contributed by atoms with Gasteiger partial charge in [0.15, 0.2) is 23.1 Å². The summed E-state index contributed by atoms with van der Waals surface area (Å²) in [7, 11) is 0. The molecule has 57 heavy (non-hydrogen) atoms. The molecule has 0 unspecified atom stereocenters. The van der Waals surface area contributed by atoms with Crippen molar-refractivity contribution < 1.29 is 32.6 Å². The normalized spacial score (nSPS) is 15.5. The predicted molar refractivity (Wildman–Crippen MR) is 214 cm³/mol. The third-order valence-electron chi connectivity index (χ3n) is 9.00. The second kappa shape index (κ2) is 16.7. The SMILES string of the molecule is CC(C)(C(N)=O)[C@@H]1c2ccc(Cl)nc2Oc2c(F)cccc21.CC(C)(C)N=O.CC(C)(C)NC(=O)NC(=O)C(C)(C)[C@@H]1c2ccc(Cl)nc2Oc2c(F)cccc21. The number of imide groups is 1. The first-order valence-corrected chi connectivity index (χ1v) is 18.6. The number of ether oxygens (including phenoxy) is 2. The number of primary amides is 1. The van der Waals surface area contributed by atoms with E-state index in [-0.39, 0.29) is 39.1 Å². The molecular weight excluding hydrogens is 781 g/mol. The number of benzene rings is 2. The van der Waals surface area contributed by atoms with E-state index in [2.05, 4.69) is 25.8 Å². The highest BCUT2D eigenvalue weighted by atomic mass is 35.5. The Morgan fingerprint density at radius 3 is 1.46 bits per heavy atom. The molecule has 0 saturated carbocycles. The summed E-state index contributed by atoms with van der Waals surface area (Å²) in [6.45, 7) is 17.5. The van der Waals surface area contributed by atoms with E-state index < -0.39 is 57.7 Å². The number of halogens is 4. The second-order valence-electron chi connectivity index (χ2n) is 16.7. The minimum atomic E-state index is -1.13. The molecule has 0 saturated heterocycles. The van der Waals surface area contributed by atoms with Gasteiger partial charge in [-0.1, -0.05) is 80.3 Å². The summed E-state index contributed by atoms with van der Waals surface area (Å²) >= 11 is 11.9. The summed E-state index contributed by atoms with van der Waals surface area (Å²) in [5, 5.41) is 8.28. The number of amides is 4. The van der Waals surface area contributed by atoms with Crippen LogP contribution in [0.4, 0.5) is 13.6 Å². The molecule has 0 aliphatic carbocycles. The summed E-state index contributed by atoms with van der Waals surface area (Å²) in [6, 6.07) is 15.2. The van der Waals surface area contributed by atoms with Crippen molar-refractivity contribution in [2.75, 3.05) is 0 Å². The number of rotatable bonds is 4. The number of nitrogens with two attached hydrogens (primary N) is 1. The summed E-state index contributed by atoms with van der Waals surface area (Å²) in [6.07, 6.45) is 0. The lowest BCUT2D eigenvalue weighted by molar-refractivity contribution is -0.129. The third kappa shape index (κ3) is 10.2. The molecule has 0 fully saturated rings. The van der Waals surface area contributed by atoms with Crippen molar-refractivity contribution in [3.05, 3.63) is 110 Å². The number of hydrogen-bond donors (Lipinski definition) is 3. The molecular formula is C41H46Cl2F2N6O6. The number of fused-ring (bicyclic) bond motifs is 4. The minimum absolute atomic E-state index is 0.000199. The highest BCUT2D eigenvalue weighted by Crippen LogP contribution is 2.53. The van der Waals surface area contributed by atoms with E-state index in [4.69, 9.17) is 38.4 Å². The maximum Gasteiger partial charge on any atom is 0.321 e. The van der Waals surface area contributed by atoms with Gasteiger partial charge in [-0.2, -0.15) is 4.91 Å². The van der Waals surface area contributed by atoms with Crippen LogP contribution in [0.25, 0.3) is 0 Å². The molecule has 0 spiro atoms. The fourth-order valence-electron chi connectivity index (χ4n) is 6.17. The average molecular weight is 828 g/mol. The Kier molecular flexibility index (Phi) is 13.1. The number of carbonyl (C=O) groups is 3. The zero-order valence-corrected chi connectivity index (χ0v) is 34.8. The smallest absolute Gasteiger partial charge is 0.321 e. The molecule has 0 radical (unpaired) electrons. The van der Waals surface area contributed by atoms with E-state index in [0.717, 1.165) is 0 Å². The van der Waals surface area contributed by atoms with Crippen molar-refractivity contribution in [1.82, 2.24) is 20.6 Å². The van der Waals surface area contributed by atoms with Gasteiger partial charge in [-0.15, -0.1) is 0 Å². The van der Waals surface area contributed by atoms with Gasteiger partial charge in [0, 0.05) is 39.6 Å². The van der Waals surface area contributed by atoms with Crippen molar-refractivity contribution >= 4 is 41.0 Å². The summed E-state index contributed by atoms with van der Waals surface area (Å²) < 4.78 is 39.8. The number of pyridine rings is 2. The van der Waals surface area contributed by atoms with Crippen molar-refractivity contribution in [2.24, 2.45) is 21.7 Å². The number of aromatic nitrogens is 2. The molecule has 4 amide bonds. The van der Waals surface area contributed by atoms with Gasteiger partial charge >= 0.3 is 6.03 Å². The molecule has 2 aliphatic heterocycles. The van der Waals surface area contributed by atoms with Gasteiger partial charge in [-0.25, -0.2) is 23.5 Å². The zero-order chi connectivity index (χ0) is 42.8. The molecule has 0 bridgehead atoms. The molecule has 2 atom stereocenters. The average Bonchev–Trinajstić information content (AvgIpc) is 3.09. The largest absolute Gasteiger partial charge is 0.435 e. The topological polar surface area (TPSA) is 175 Å². The Balaban J connectivity index is 0.000000227. The van der Waals surface area contributed by atoms with Gasteiger partial charge in [0.25, 0.3) is 0 Å². The number of para-hydroxylation sites is 2. The number of urea groups is 1. The first kappa shape index (κ1) is 44.5. The quantitative estimate of drug-likeness (QED) is 0.135. The van der Waals surface area contributed by atoms with Crippen LogP contribution in [-0.4, -0.2) is 38.9 Å². The van der Waals surface area contributed by atoms with Crippen molar-refractivity contribution in [3.8, 4) is 23.3 Å². The molecule has 2 aromatic carbocycles.